The van der Waals surface area contributed by atoms with Crippen LogP contribution < -0.4 is 0 Å². The lowest BCUT2D eigenvalue weighted by molar-refractivity contribution is -0.138. The zero-order valence-electron chi connectivity index (χ0n) is 8.91. The highest BCUT2D eigenvalue weighted by Crippen LogP contribution is 2.32. The van der Waals surface area contributed by atoms with Gasteiger partial charge in [0.15, 0.2) is 0 Å². The summed E-state index contributed by atoms with van der Waals surface area (Å²) in [4.78, 5) is 15.0. The average molecular weight is 264 g/mol. The quantitative estimate of drug-likeness (QED) is 0.792. The van der Waals surface area contributed by atoms with Crippen LogP contribution in [0, 0.1) is 5.82 Å². The average Bonchev–Trinajstić information content (AvgIpc) is 2.15. The molecular formula is C10H8F4N2O2. The molecule has 0 aliphatic carbocycles. The van der Waals surface area contributed by atoms with Gasteiger partial charge in [-0.15, -0.1) is 0 Å². The van der Waals surface area contributed by atoms with Gasteiger partial charge in [0.2, 0.25) is 0 Å². The van der Waals surface area contributed by atoms with Gasteiger partial charge in [0.1, 0.15) is 5.82 Å². The SMILES string of the molecule is O=C(O)N1CC(c2ncc(C(F)(F)F)cc2F)C1. The van der Waals surface area contributed by atoms with Gasteiger partial charge < -0.3 is 10.0 Å². The molecule has 1 aliphatic rings. The Kier molecular flexibility index (Phi) is 2.88. The zero-order valence-corrected chi connectivity index (χ0v) is 8.91. The van der Waals surface area contributed by atoms with Gasteiger partial charge in [-0.1, -0.05) is 0 Å². The van der Waals surface area contributed by atoms with Crippen molar-refractivity contribution in [2.75, 3.05) is 13.1 Å². The first kappa shape index (κ1) is 12.6. The number of hydrogen-bond donors (Lipinski definition) is 1. The molecule has 1 aromatic rings. The molecule has 0 saturated carbocycles. The van der Waals surface area contributed by atoms with Crippen molar-refractivity contribution >= 4 is 6.09 Å². The van der Waals surface area contributed by atoms with Crippen molar-refractivity contribution in [2.24, 2.45) is 0 Å². The molecule has 1 saturated heterocycles. The molecule has 0 atom stereocenters. The molecule has 0 bridgehead atoms. The third-order valence-electron chi connectivity index (χ3n) is 2.74. The van der Waals surface area contributed by atoms with Crippen molar-refractivity contribution in [1.82, 2.24) is 9.88 Å². The Morgan fingerprint density at radius 3 is 2.50 bits per heavy atom. The minimum atomic E-state index is -4.64. The van der Waals surface area contributed by atoms with E-state index in [2.05, 4.69) is 4.98 Å². The molecule has 98 valence electrons. The van der Waals surface area contributed by atoms with Crippen LogP contribution in [0.2, 0.25) is 0 Å². The number of aromatic nitrogens is 1. The normalized spacial score (nSPS) is 16.6. The third kappa shape index (κ3) is 2.22. The first-order valence-electron chi connectivity index (χ1n) is 4.99. The van der Waals surface area contributed by atoms with Crippen LogP contribution >= 0.6 is 0 Å². The van der Waals surface area contributed by atoms with Crippen LogP contribution in [0.5, 0.6) is 0 Å². The molecule has 0 aromatic carbocycles. The van der Waals surface area contributed by atoms with Crippen molar-refractivity contribution < 1.29 is 27.5 Å². The lowest BCUT2D eigenvalue weighted by Crippen LogP contribution is -2.48. The summed E-state index contributed by atoms with van der Waals surface area (Å²) in [6.07, 6.45) is -5.22. The first-order valence-corrected chi connectivity index (χ1v) is 4.99. The maximum Gasteiger partial charge on any atom is 0.417 e. The van der Waals surface area contributed by atoms with Gasteiger partial charge in [0.05, 0.1) is 11.3 Å². The second kappa shape index (κ2) is 4.11. The summed E-state index contributed by atoms with van der Waals surface area (Å²) >= 11 is 0. The lowest BCUT2D eigenvalue weighted by atomic mass is 9.95. The number of carboxylic acid groups (broad SMARTS) is 1. The van der Waals surface area contributed by atoms with E-state index in [0.717, 1.165) is 4.90 Å². The van der Waals surface area contributed by atoms with Gasteiger partial charge in [-0.25, -0.2) is 9.18 Å². The van der Waals surface area contributed by atoms with Crippen molar-refractivity contribution in [1.29, 1.82) is 0 Å². The van der Waals surface area contributed by atoms with E-state index in [4.69, 9.17) is 5.11 Å². The minimum Gasteiger partial charge on any atom is -0.465 e. The number of alkyl halides is 3. The van der Waals surface area contributed by atoms with Gasteiger partial charge in [-0.3, -0.25) is 4.98 Å². The molecule has 2 rings (SSSR count). The molecule has 1 amide bonds. The fourth-order valence-corrected chi connectivity index (χ4v) is 1.71. The van der Waals surface area contributed by atoms with Crippen molar-refractivity contribution in [2.45, 2.75) is 12.1 Å². The largest absolute Gasteiger partial charge is 0.465 e. The fourth-order valence-electron chi connectivity index (χ4n) is 1.71. The summed E-state index contributed by atoms with van der Waals surface area (Å²) in [5.74, 6) is -1.54. The Bertz CT molecular complexity index is 483. The maximum absolute atomic E-state index is 13.5. The van der Waals surface area contributed by atoms with E-state index in [1.807, 2.05) is 0 Å². The highest BCUT2D eigenvalue weighted by molar-refractivity contribution is 5.66. The van der Waals surface area contributed by atoms with Gasteiger partial charge in [-0.2, -0.15) is 13.2 Å². The Morgan fingerprint density at radius 1 is 1.44 bits per heavy atom. The molecule has 1 fully saturated rings. The first-order chi connectivity index (χ1) is 8.29. The third-order valence-corrected chi connectivity index (χ3v) is 2.74. The van der Waals surface area contributed by atoms with E-state index in [0.29, 0.717) is 12.3 Å². The molecule has 1 aromatic heterocycles. The molecule has 0 unspecified atom stereocenters. The number of rotatable bonds is 1. The molecule has 18 heavy (non-hydrogen) atoms. The lowest BCUT2D eigenvalue weighted by Gasteiger charge is -2.36. The van der Waals surface area contributed by atoms with Gasteiger partial charge in [0, 0.05) is 25.2 Å². The summed E-state index contributed by atoms with van der Waals surface area (Å²) in [5.41, 5.74) is -1.28. The topological polar surface area (TPSA) is 53.4 Å². The van der Waals surface area contributed by atoms with E-state index < -0.39 is 29.6 Å². The highest BCUT2D eigenvalue weighted by Gasteiger charge is 2.36. The van der Waals surface area contributed by atoms with Crippen LogP contribution in [0.25, 0.3) is 0 Å². The molecule has 2 heterocycles. The van der Waals surface area contributed by atoms with Crippen LogP contribution in [0.4, 0.5) is 22.4 Å². The number of carbonyl (C=O) groups is 1. The monoisotopic (exact) mass is 264 g/mol. The van der Waals surface area contributed by atoms with Crippen LogP contribution in [-0.2, 0) is 6.18 Å². The predicted molar refractivity (Wildman–Crippen MR) is 51.5 cm³/mol. The second-order valence-electron chi connectivity index (χ2n) is 3.97. The number of pyridine rings is 1. The number of nitrogens with zero attached hydrogens (tertiary/aromatic N) is 2. The molecule has 0 radical (unpaired) electrons. The predicted octanol–water partition coefficient (Wildman–Crippen LogP) is 2.32. The zero-order chi connectivity index (χ0) is 13.5. The van der Waals surface area contributed by atoms with Crippen LogP contribution in [0.1, 0.15) is 17.2 Å². The van der Waals surface area contributed by atoms with Crippen LogP contribution in [0.15, 0.2) is 12.3 Å². The van der Waals surface area contributed by atoms with E-state index in [1.165, 1.54) is 0 Å². The van der Waals surface area contributed by atoms with Crippen LogP contribution in [0.3, 0.4) is 0 Å². The Morgan fingerprint density at radius 2 is 2.06 bits per heavy atom. The van der Waals surface area contributed by atoms with E-state index in [1.54, 1.807) is 0 Å². The molecular weight excluding hydrogens is 256 g/mol. The van der Waals surface area contributed by atoms with Crippen molar-refractivity contribution in [3.8, 4) is 0 Å². The van der Waals surface area contributed by atoms with E-state index in [9.17, 15) is 22.4 Å². The van der Waals surface area contributed by atoms with Crippen molar-refractivity contribution in [3.05, 3.63) is 29.3 Å². The molecule has 0 spiro atoms. The standard InChI is InChI=1S/C10H8F4N2O2/c11-7-1-6(10(12,13)14)2-15-8(7)5-3-16(4-5)9(17)18/h1-2,5H,3-4H2,(H,17,18). The Hall–Kier alpha value is -1.86. The van der Waals surface area contributed by atoms with Crippen LogP contribution in [-0.4, -0.2) is 34.2 Å². The van der Waals surface area contributed by atoms with E-state index in [-0.39, 0.29) is 18.8 Å². The number of halogens is 4. The van der Waals surface area contributed by atoms with Gasteiger partial charge in [-0.05, 0) is 6.07 Å². The fraction of sp³-hybridized carbons (Fsp3) is 0.400. The summed E-state index contributed by atoms with van der Waals surface area (Å²) in [6.45, 7) is 0.0925. The number of amides is 1. The van der Waals surface area contributed by atoms with E-state index >= 15 is 0 Å². The van der Waals surface area contributed by atoms with Gasteiger partial charge in [0.25, 0.3) is 0 Å². The summed E-state index contributed by atoms with van der Waals surface area (Å²) in [7, 11) is 0. The highest BCUT2D eigenvalue weighted by atomic mass is 19.4. The van der Waals surface area contributed by atoms with Gasteiger partial charge >= 0.3 is 12.3 Å². The van der Waals surface area contributed by atoms with Crippen molar-refractivity contribution in [3.63, 3.8) is 0 Å². The number of hydrogen-bond acceptors (Lipinski definition) is 2. The minimum absolute atomic E-state index is 0.0462. The molecule has 8 heteroatoms. The Labute approximate surface area is 98.8 Å². The number of likely N-dealkylation sites (tertiary alicyclic amines) is 1. The smallest absolute Gasteiger partial charge is 0.417 e. The molecule has 4 nitrogen and oxygen atoms in total. The second-order valence-corrected chi connectivity index (χ2v) is 3.97. The Balaban J connectivity index is 2.15. The summed E-state index contributed by atoms with van der Waals surface area (Å²) in [5, 5.41) is 8.58. The molecule has 1 aliphatic heterocycles. The molecule has 1 N–H and O–H groups in total. The maximum atomic E-state index is 13.5. The summed E-state index contributed by atoms with van der Waals surface area (Å²) < 4.78 is 50.3. The summed E-state index contributed by atoms with van der Waals surface area (Å²) in [6, 6.07) is 0.381.